The van der Waals surface area contributed by atoms with Gasteiger partial charge in [0, 0.05) is 18.7 Å². The van der Waals surface area contributed by atoms with Crippen LogP contribution in [0.3, 0.4) is 0 Å². The molecule has 0 fully saturated rings. The van der Waals surface area contributed by atoms with Gasteiger partial charge in [0.15, 0.2) is 5.78 Å². The number of hydrogen-bond acceptors (Lipinski definition) is 4. The van der Waals surface area contributed by atoms with E-state index in [2.05, 4.69) is 5.32 Å². The summed E-state index contributed by atoms with van der Waals surface area (Å²) in [5.74, 6) is 0.00153. The molecule has 0 aliphatic carbocycles. The Kier molecular flexibility index (Phi) is 4.37. The fraction of sp³-hybridized carbons (Fsp3) is 0.500. The number of rotatable bonds is 5. The molecule has 1 aliphatic heterocycles. The molecular weight excluding hydrogens is 262 g/mol. The predicted octanol–water partition coefficient (Wildman–Crippen LogP) is 1.27. The lowest BCUT2D eigenvalue weighted by molar-refractivity contribution is -0.121. The summed E-state index contributed by atoms with van der Waals surface area (Å²) in [6.45, 7) is 2.36. The van der Waals surface area contributed by atoms with Crippen LogP contribution in [-0.4, -0.2) is 32.3 Å². The molecule has 4 nitrogen and oxygen atoms in total. The molecule has 0 bridgehead atoms. The maximum atomic E-state index is 12.2. The van der Waals surface area contributed by atoms with Gasteiger partial charge in [0.25, 0.3) is 0 Å². The van der Waals surface area contributed by atoms with Crippen molar-refractivity contribution < 1.29 is 13.2 Å². The van der Waals surface area contributed by atoms with Gasteiger partial charge in [0.2, 0.25) is 0 Å². The summed E-state index contributed by atoms with van der Waals surface area (Å²) in [5, 5.41) is 3.18. The molecule has 5 heteroatoms. The molecule has 19 heavy (non-hydrogen) atoms. The van der Waals surface area contributed by atoms with Crippen molar-refractivity contribution in [2.24, 2.45) is 0 Å². The number of benzene rings is 1. The van der Waals surface area contributed by atoms with Crippen LogP contribution in [0.1, 0.15) is 30.5 Å². The molecule has 1 heterocycles. The third kappa shape index (κ3) is 3.42. The SMILES string of the molecule is CCS(=O)(=O)CCC(=O)C1NCCc2ccccc21. The summed E-state index contributed by atoms with van der Waals surface area (Å²) in [6, 6.07) is 7.50. The van der Waals surface area contributed by atoms with Gasteiger partial charge in [-0.05, 0) is 17.5 Å². The first-order chi connectivity index (χ1) is 9.03. The van der Waals surface area contributed by atoms with E-state index in [-0.39, 0.29) is 29.8 Å². The average Bonchev–Trinajstić information content (AvgIpc) is 2.44. The van der Waals surface area contributed by atoms with Gasteiger partial charge >= 0.3 is 0 Å². The molecule has 0 amide bonds. The number of fused-ring (bicyclic) bond motifs is 1. The zero-order valence-electron chi connectivity index (χ0n) is 11.1. The highest BCUT2D eigenvalue weighted by atomic mass is 32.2. The van der Waals surface area contributed by atoms with E-state index in [0.717, 1.165) is 18.5 Å². The van der Waals surface area contributed by atoms with Gasteiger partial charge in [0.1, 0.15) is 9.84 Å². The van der Waals surface area contributed by atoms with Crippen LogP contribution in [0.5, 0.6) is 0 Å². The molecule has 1 N–H and O–H groups in total. The number of Topliss-reactive ketones (excluding diaryl/α,β-unsaturated/α-hetero) is 1. The third-order valence-corrected chi connectivity index (χ3v) is 5.24. The fourth-order valence-electron chi connectivity index (χ4n) is 2.34. The van der Waals surface area contributed by atoms with Gasteiger partial charge in [-0.15, -0.1) is 0 Å². The molecule has 0 aromatic heterocycles. The third-order valence-electron chi connectivity index (χ3n) is 3.53. The molecule has 0 radical (unpaired) electrons. The number of carbonyl (C=O) groups excluding carboxylic acids is 1. The molecule has 2 rings (SSSR count). The topological polar surface area (TPSA) is 63.2 Å². The van der Waals surface area contributed by atoms with Crippen molar-refractivity contribution in [3.05, 3.63) is 35.4 Å². The van der Waals surface area contributed by atoms with E-state index in [0.29, 0.717) is 0 Å². The van der Waals surface area contributed by atoms with E-state index in [4.69, 9.17) is 0 Å². The van der Waals surface area contributed by atoms with Crippen LogP contribution in [-0.2, 0) is 21.1 Å². The molecule has 1 atom stereocenters. The van der Waals surface area contributed by atoms with Crippen molar-refractivity contribution in [1.29, 1.82) is 0 Å². The van der Waals surface area contributed by atoms with Crippen molar-refractivity contribution >= 4 is 15.6 Å². The van der Waals surface area contributed by atoms with Crippen LogP contribution in [0, 0.1) is 0 Å². The van der Waals surface area contributed by atoms with Gasteiger partial charge in [-0.2, -0.15) is 0 Å². The molecule has 0 saturated heterocycles. The number of hydrogen-bond donors (Lipinski definition) is 1. The summed E-state index contributed by atoms with van der Waals surface area (Å²) in [5.41, 5.74) is 2.17. The largest absolute Gasteiger partial charge is 0.303 e. The second-order valence-electron chi connectivity index (χ2n) is 4.79. The number of ketones is 1. The van der Waals surface area contributed by atoms with Gasteiger partial charge < -0.3 is 5.32 Å². The molecule has 1 aliphatic rings. The molecular formula is C14H19NO3S. The Morgan fingerprint density at radius 2 is 2.11 bits per heavy atom. The van der Waals surface area contributed by atoms with Crippen LogP contribution < -0.4 is 5.32 Å². The summed E-state index contributed by atoms with van der Waals surface area (Å²) >= 11 is 0. The minimum Gasteiger partial charge on any atom is -0.303 e. The van der Waals surface area contributed by atoms with Gasteiger partial charge in [0.05, 0.1) is 11.8 Å². The first-order valence-corrected chi connectivity index (χ1v) is 8.40. The Morgan fingerprint density at radius 3 is 2.84 bits per heavy atom. The highest BCUT2D eigenvalue weighted by Gasteiger charge is 2.26. The van der Waals surface area contributed by atoms with Crippen LogP contribution >= 0.6 is 0 Å². The summed E-state index contributed by atoms with van der Waals surface area (Å²) in [4.78, 5) is 12.2. The predicted molar refractivity (Wildman–Crippen MR) is 74.8 cm³/mol. The number of carbonyl (C=O) groups is 1. The zero-order valence-corrected chi connectivity index (χ0v) is 11.9. The van der Waals surface area contributed by atoms with Crippen molar-refractivity contribution in [2.45, 2.75) is 25.8 Å². The average molecular weight is 281 g/mol. The van der Waals surface area contributed by atoms with E-state index in [9.17, 15) is 13.2 Å². The van der Waals surface area contributed by atoms with Gasteiger partial charge in [-0.3, -0.25) is 4.79 Å². The smallest absolute Gasteiger partial charge is 0.155 e. The van der Waals surface area contributed by atoms with E-state index < -0.39 is 9.84 Å². The molecule has 0 saturated carbocycles. The van der Waals surface area contributed by atoms with E-state index in [1.54, 1.807) is 6.92 Å². The van der Waals surface area contributed by atoms with E-state index >= 15 is 0 Å². The minimum absolute atomic E-state index is 0.0378. The van der Waals surface area contributed by atoms with Crippen LogP contribution in [0.15, 0.2) is 24.3 Å². The van der Waals surface area contributed by atoms with Crippen molar-refractivity contribution in [3.63, 3.8) is 0 Å². The monoisotopic (exact) mass is 281 g/mol. The number of nitrogens with one attached hydrogen (secondary N) is 1. The Morgan fingerprint density at radius 1 is 1.37 bits per heavy atom. The molecule has 1 aromatic rings. The zero-order chi connectivity index (χ0) is 13.9. The van der Waals surface area contributed by atoms with Crippen LogP contribution in [0.2, 0.25) is 0 Å². The highest BCUT2D eigenvalue weighted by Crippen LogP contribution is 2.24. The molecule has 0 spiro atoms. The lowest BCUT2D eigenvalue weighted by atomic mass is 9.91. The lowest BCUT2D eigenvalue weighted by Crippen LogP contribution is -2.35. The van der Waals surface area contributed by atoms with E-state index in [1.165, 1.54) is 5.56 Å². The maximum Gasteiger partial charge on any atom is 0.155 e. The first kappa shape index (κ1) is 14.2. The van der Waals surface area contributed by atoms with Crippen molar-refractivity contribution in [2.75, 3.05) is 18.1 Å². The summed E-state index contributed by atoms with van der Waals surface area (Å²) in [7, 11) is -3.08. The van der Waals surface area contributed by atoms with Crippen LogP contribution in [0.25, 0.3) is 0 Å². The Hall–Kier alpha value is -1.20. The molecule has 1 aromatic carbocycles. The van der Waals surface area contributed by atoms with Gasteiger partial charge in [-0.1, -0.05) is 31.2 Å². The Balaban J connectivity index is 2.09. The van der Waals surface area contributed by atoms with Crippen molar-refractivity contribution in [1.82, 2.24) is 5.32 Å². The number of sulfone groups is 1. The van der Waals surface area contributed by atoms with Gasteiger partial charge in [-0.25, -0.2) is 8.42 Å². The van der Waals surface area contributed by atoms with Crippen LogP contribution in [0.4, 0.5) is 0 Å². The summed E-state index contributed by atoms with van der Waals surface area (Å²) in [6.07, 6.45) is 0.995. The standard InChI is InChI=1S/C14H19NO3S/c1-2-19(17,18)10-8-13(16)14-12-6-4-3-5-11(12)7-9-15-14/h3-6,14-15H,2,7-10H2,1H3. The fourth-order valence-corrected chi connectivity index (χ4v) is 3.14. The highest BCUT2D eigenvalue weighted by molar-refractivity contribution is 7.91. The minimum atomic E-state index is -3.08. The molecule has 1 unspecified atom stereocenters. The second kappa shape index (κ2) is 5.84. The quantitative estimate of drug-likeness (QED) is 0.883. The maximum absolute atomic E-state index is 12.2. The first-order valence-electron chi connectivity index (χ1n) is 6.58. The lowest BCUT2D eigenvalue weighted by Gasteiger charge is -2.25. The Labute approximate surface area is 114 Å². The molecule has 104 valence electrons. The van der Waals surface area contributed by atoms with Crippen molar-refractivity contribution in [3.8, 4) is 0 Å². The second-order valence-corrected chi connectivity index (χ2v) is 7.26. The summed E-state index contributed by atoms with van der Waals surface area (Å²) < 4.78 is 22.9. The Bertz CT molecular complexity index is 566. The van der Waals surface area contributed by atoms with E-state index in [1.807, 2.05) is 24.3 Å². The normalized spacial score (nSPS) is 18.9.